The number of likely N-dealkylation sites (N-methyl/N-ethyl adjacent to an activating group) is 1. The van der Waals surface area contributed by atoms with Crippen molar-refractivity contribution in [3.05, 3.63) is 58.9 Å². The van der Waals surface area contributed by atoms with E-state index < -0.39 is 0 Å². The van der Waals surface area contributed by atoms with Crippen molar-refractivity contribution in [1.82, 2.24) is 14.9 Å². The van der Waals surface area contributed by atoms with Gasteiger partial charge in [-0.1, -0.05) is 30.3 Å². The zero-order valence-corrected chi connectivity index (χ0v) is 13.7. The third-order valence-corrected chi connectivity index (χ3v) is 4.60. The van der Waals surface area contributed by atoms with Crippen molar-refractivity contribution in [2.24, 2.45) is 0 Å². The second-order valence-corrected chi connectivity index (χ2v) is 6.27. The van der Waals surface area contributed by atoms with Gasteiger partial charge in [-0.2, -0.15) is 0 Å². The predicted octanol–water partition coefficient (Wildman–Crippen LogP) is 2.34. The molecule has 1 saturated heterocycles. The second-order valence-electron chi connectivity index (χ2n) is 6.27. The van der Waals surface area contributed by atoms with E-state index in [4.69, 9.17) is 0 Å². The van der Waals surface area contributed by atoms with Crippen molar-refractivity contribution >= 4 is 16.6 Å². The number of H-pyrrole nitrogens is 1. The maximum atomic E-state index is 12.5. The van der Waals surface area contributed by atoms with E-state index in [1.807, 2.05) is 42.5 Å². The summed E-state index contributed by atoms with van der Waals surface area (Å²) < 4.78 is 0. The van der Waals surface area contributed by atoms with Crippen LogP contribution in [0.4, 0.5) is 5.69 Å². The van der Waals surface area contributed by atoms with Crippen LogP contribution in [0, 0.1) is 0 Å². The van der Waals surface area contributed by atoms with Crippen molar-refractivity contribution in [3.8, 4) is 11.4 Å². The minimum Gasteiger partial charge on any atom is -0.369 e. The van der Waals surface area contributed by atoms with E-state index in [1.54, 1.807) is 0 Å². The summed E-state index contributed by atoms with van der Waals surface area (Å²) in [6, 6.07) is 15.7. The molecule has 1 aliphatic rings. The highest BCUT2D eigenvalue weighted by atomic mass is 16.1. The van der Waals surface area contributed by atoms with Crippen LogP contribution in [-0.2, 0) is 0 Å². The molecule has 122 valence electrons. The van der Waals surface area contributed by atoms with Crippen LogP contribution in [0.5, 0.6) is 0 Å². The van der Waals surface area contributed by atoms with Gasteiger partial charge in [-0.05, 0) is 25.2 Å². The van der Waals surface area contributed by atoms with Crippen LogP contribution in [0.25, 0.3) is 22.3 Å². The molecular formula is C19H20N4O. The minimum absolute atomic E-state index is 0.0881. The molecule has 0 unspecified atom stereocenters. The molecule has 5 heteroatoms. The summed E-state index contributed by atoms with van der Waals surface area (Å²) in [7, 11) is 2.14. The van der Waals surface area contributed by atoms with Crippen molar-refractivity contribution in [3.63, 3.8) is 0 Å². The van der Waals surface area contributed by atoms with Crippen molar-refractivity contribution in [2.75, 3.05) is 38.1 Å². The fourth-order valence-electron chi connectivity index (χ4n) is 3.12. The lowest BCUT2D eigenvalue weighted by atomic mass is 10.1. The molecule has 1 fully saturated rings. The van der Waals surface area contributed by atoms with Gasteiger partial charge >= 0.3 is 0 Å². The molecule has 0 amide bonds. The van der Waals surface area contributed by atoms with Gasteiger partial charge in [0.25, 0.3) is 5.56 Å². The van der Waals surface area contributed by atoms with Gasteiger partial charge in [0.15, 0.2) is 0 Å². The number of benzene rings is 2. The number of rotatable bonds is 2. The molecule has 3 aromatic rings. The van der Waals surface area contributed by atoms with E-state index in [-0.39, 0.29) is 5.56 Å². The highest BCUT2D eigenvalue weighted by Gasteiger charge is 2.15. The van der Waals surface area contributed by atoms with Gasteiger partial charge in [-0.15, -0.1) is 0 Å². The van der Waals surface area contributed by atoms with Crippen LogP contribution in [0.1, 0.15) is 0 Å². The standard InChI is InChI=1S/C19H20N4O/c1-22-9-11-23(12-10-22)15-7-8-17-16(13-15)19(24)21-18(20-17)14-5-3-2-4-6-14/h2-8,13H,9-12H2,1H3,(H,20,21,24). The molecule has 0 saturated carbocycles. The number of nitrogens with one attached hydrogen (secondary N) is 1. The molecule has 0 radical (unpaired) electrons. The molecule has 0 spiro atoms. The second kappa shape index (κ2) is 6.09. The van der Waals surface area contributed by atoms with Gasteiger partial charge < -0.3 is 14.8 Å². The van der Waals surface area contributed by atoms with Crippen LogP contribution in [0.2, 0.25) is 0 Å². The number of piperazine rings is 1. The van der Waals surface area contributed by atoms with E-state index in [1.165, 1.54) is 0 Å². The Morgan fingerprint density at radius 1 is 1.00 bits per heavy atom. The SMILES string of the molecule is CN1CCN(c2ccc3nc(-c4ccccc4)[nH]c(=O)c3c2)CC1. The highest BCUT2D eigenvalue weighted by Crippen LogP contribution is 2.22. The van der Waals surface area contributed by atoms with Gasteiger partial charge in [0.05, 0.1) is 10.9 Å². The number of hydrogen-bond donors (Lipinski definition) is 1. The van der Waals surface area contributed by atoms with Gasteiger partial charge in [0.1, 0.15) is 5.82 Å². The fraction of sp³-hybridized carbons (Fsp3) is 0.263. The first-order valence-electron chi connectivity index (χ1n) is 8.24. The molecule has 0 aliphatic carbocycles. The van der Waals surface area contributed by atoms with Crippen LogP contribution in [0.3, 0.4) is 0 Å². The Hall–Kier alpha value is -2.66. The summed E-state index contributed by atoms with van der Waals surface area (Å²) in [6.07, 6.45) is 0. The molecule has 0 bridgehead atoms. The number of aromatic amines is 1. The maximum absolute atomic E-state index is 12.5. The summed E-state index contributed by atoms with van der Waals surface area (Å²) in [6.45, 7) is 4.05. The van der Waals surface area contributed by atoms with Crippen molar-refractivity contribution < 1.29 is 0 Å². The first kappa shape index (κ1) is 14.9. The zero-order chi connectivity index (χ0) is 16.5. The molecule has 4 rings (SSSR count). The van der Waals surface area contributed by atoms with Crippen molar-refractivity contribution in [1.29, 1.82) is 0 Å². The summed E-state index contributed by atoms with van der Waals surface area (Å²) >= 11 is 0. The average molecular weight is 320 g/mol. The molecule has 1 N–H and O–H groups in total. The number of aromatic nitrogens is 2. The molecule has 2 heterocycles. The van der Waals surface area contributed by atoms with E-state index in [9.17, 15) is 4.79 Å². The van der Waals surface area contributed by atoms with Crippen molar-refractivity contribution in [2.45, 2.75) is 0 Å². The van der Waals surface area contributed by atoms with Gasteiger partial charge in [-0.3, -0.25) is 4.79 Å². The Labute approximate surface area is 140 Å². The summed E-state index contributed by atoms with van der Waals surface area (Å²) in [4.78, 5) is 24.7. The molecule has 0 atom stereocenters. The Morgan fingerprint density at radius 2 is 1.75 bits per heavy atom. The normalized spacial score (nSPS) is 15.8. The number of hydrogen-bond acceptors (Lipinski definition) is 4. The third kappa shape index (κ3) is 2.78. The molecule has 1 aliphatic heterocycles. The fourth-order valence-corrected chi connectivity index (χ4v) is 3.12. The minimum atomic E-state index is -0.0881. The topological polar surface area (TPSA) is 52.2 Å². The quantitative estimate of drug-likeness (QED) is 0.787. The molecule has 5 nitrogen and oxygen atoms in total. The summed E-state index contributed by atoms with van der Waals surface area (Å²) in [5.74, 6) is 0.612. The number of anilines is 1. The Morgan fingerprint density at radius 3 is 2.50 bits per heavy atom. The average Bonchev–Trinajstić information content (AvgIpc) is 2.63. The van der Waals surface area contributed by atoms with E-state index in [0.717, 1.165) is 42.9 Å². The van der Waals surface area contributed by atoms with Gasteiger partial charge in [0, 0.05) is 37.4 Å². The number of nitrogens with zero attached hydrogens (tertiary/aromatic N) is 3. The molecular weight excluding hydrogens is 300 g/mol. The smallest absolute Gasteiger partial charge is 0.259 e. The van der Waals surface area contributed by atoms with E-state index in [0.29, 0.717) is 11.2 Å². The lowest BCUT2D eigenvalue weighted by molar-refractivity contribution is 0.313. The largest absolute Gasteiger partial charge is 0.369 e. The van der Waals surface area contributed by atoms with Crippen LogP contribution in [-0.4, -0.2) is 48.1 Å². The summed E-state index contributed by atoms with van der Waals surface area (Å²) in [5, 5.41) is 0.645. The lowest BCUT2D eigenvalue weighted by Crippen LogP contribution is -2.44. The first-order valence-corrected chi connectivity index (χ1v) is 8.24. The molecule has 2 aromatic carbocycles. The predicted molar refractivity (Wildman–Crippen MR) is 97.5 cm³/mol. The van der Waals surface area contributed by atoms with Gasteiger partial charge in [-0.25, -0.2) is 4.98 Å². The summed E-state index contributed by atoms with van der Waals surface area (Å²) in [5.41, 5.74) is 2.65. The van der Waals surface area contributed by atoms with Gasteiger partial charge in [0.2, 0.25) is 0 Å². The first-order chi connectivity index (χ1) is 11.7. The zero-order valence-electron chi connectivity index (χ0n) is 13.7. The van der Waals surface area contributed by atoms with E-state index in [2.05, 4.69) is 32.9 Å². The number of fused-ring (bicyclic) bond motifs is 1. The molecule has 24 heavy (non-hydrogen) atoms. The van der Waals surface area contributed by atoms with Crippen LogP contribution in [0.15, 0.2) is 53.3 Å². The Balaban J connectivity index is 1.73. The maximum Gasteiger partial charge on any atom is 0.259 e. The lowest BCUT2D eigenvalue weighted by Gasteiger charge is -2.34. The molecule has 1 aromatic heterocycles. The monoisotopic (exact) mass is 320 g/mol. The van der Waals surface area contributed by atoms with E-state index >= 15 is 0 Å². The Kier molecular flexibility index (Phi) is 3.78. The van der Waals surface area contributed by atoms with Crippen LogP contribution < -0.4 is 10.5 Å². The third-order valence-electron chi connectivity index (χ3n) is 4.60. The van der Waals surface area contributed by atoms with Crippen LogP contribution >= 0.6 is 0 Å². The highest BCUT2D eigenvalue weighted by molar-refractivity contribution is 5.83. The Bertz CT molecular complexity index is 912.